The number of rotatable bonds is 8. The quantitative estimate of drug-likeness (QED) is 0.545. The second-order valence-electron chi connectivity index (χ2n) is 7.39. The van der Waals surface area contributed by atoms with Crippen LogP contribution in [-0.4, -0.2) is 36.9 Å². The molecule has 166 valence electrons. The largest absolute Gasteiger partial charge is 0.494 e. The van der Waals surface area contributed by atoms with Gasteiger partial charge in [0.2, 0.25) is 5.91 Å². The highest BCUT2D eigenvalue weighted by molar-refractivity contribution is 6.30. The molecule has 0 aliphatic rings. The van der Waals surface area contributed by atoms with Gasteiger partial charge in [-0.2, -0.15) is 0 Å². The van der Waals surface area contributed by atoms with E-state index in [-0.39, 0.29) is 24.1 Å². The fourth-order valence-corrected chi connectivity index (χ4v) is 3.44. The molecular weight excluding hydrogens is 431 g/mol. The van der Waals surface area contributed by atoms with E-state index in [9.17, 15) is 14.0 Å². The fourth-order valence-electron chi connectivity index (χ4n) is 3.32. The van der Waals surface area contributed by atoms with E-state index >= 15 is 0 Å². The predicted molar refractivity (Wildman–Crippen MR) is 122 cm³/mol. The third kappa shape index (κ3) is 6.08. The van der Waals surface area contributed by atoms with Gasteiger partial charge in [-0.3, -0.25) is 9.59 Å². The summed E-state index contributed by atoms with van der Waals surface area (Å²) >= 11 is 5.90. The molecule has 3 rings (SSSR count). The maximum atomic E-state index is 14.0. The van der Waals surface area contributed by atoms with Crippen LogP contribution in [0.2, 0.25) is 5.02 Å². The zero-order chi connectivity index (χ0) is 23.1. The van der Waals surface area contributed by atoms with Crippen LogP contribution in [0, 0.1) is 5.82 Å². The Kier molecular flexibility index (Phi) is 7.84. The zero-order valence-corrected chi connectivity index (χ0v) is 18.6. The Morgan fingerprint density at radius 1 is 1.03 bits per heavy atom. The van der Waals surface area contributed by atoms with Crippen molar-refractivity contribution in [1.29, 1.82) is 0 Å². The van der Waals surface area contributed by atoms with Gasteiger partial charge in [0.25, 0.3) is 5.91 Å². The molecule has 0 fully saturated rings. The SMILES string of the molecule is COc1ccc(CN(C)C(=O)C(Cc2ccccc2)NC(=O)c2ccc(Cl)cc2)cc1F. The van der Waals surface area contributed by atoms with Gasteiger partial charge >= 0.3 is 0 Å². The lowest BCUT2D eigenvalue weighted by Crippen LogP contribution is -2.48. The Morgan fingerprint density at radius 3 is 2.34 bits per heavy atom. The maximum Gasteiger partial charge on any atom is 0.251 e. The number of nitrogens with one attached hydrogen (secondary N) is 1. The lowest BCUT2D eigenvalue weighted by molar-refractivity contribution is -0.132. The molecule has 1 N–H and O–H groups in total. The second kappa shape index (κ2) is 10.8. The van der Waals surface area contributed by atoms with Crippen molar-refractivity contribution in [2.75, 3.05) is 14.2 Å². The van der Waals surface area contributed by atoms with Crippen molar-refractivity contribution >= 4 is 23.4 Å². The van der Waals surface area contributed by atoms with E-state index in [0.29, 0.717) is 22.6 Å². The molecule has 2 amide bonds. The summed E-state index contributed by atoms with van der Waals surface area (Å²) in [6, 6.07) is 19.6. The third-order valence-electron chi connectivity index (χ3n) is 5.00. The minimum Gasteiger partial charge on any atom is -0.494 e. The summed E-state index contributed by atoms with van der Waals surface area (Å²) in [7, 11) is 3.02. The summed E-state index contributed by atoms with van der Waals surface area (Å²) in [5.41, 5.74) is 1.92. The number of methoxy groups -OCH3 is 1. The molecule has 1 atom stereocenters. The highest BCUT2D eigenvalue weighted by atomic mass is 35.5. The first-order valence-corrected chi connectivity index (χ1v) is 10.4. The molecule has 0 spiro atoms. The number of amides is 2. The predicted octanol–water partition coefficient (Wildman–Crippen LogP) is 4.49. The van der Waals surface area contributed by atoms with Crippen LogP contribution in [0.4, 0.5) is 4.39 Å². The van der Waals surface area contributed by atoms with Crippen LogP contribution < -0.4 is 10.1 Å². The Labute approximate surface area is 191 Å². The van der Waals surface area contributed by atoms with E-state index in [0.717, 1.165) is 5.56 Å². The Balaban J connectivity index is 1.77. The van der Waals surface area contributed by atoms with Crippen molar-refractivity contribution in [3.8, 4) is 5.75 Å². The molecule has 0 aliphatic carbocycles. The molecule has 1 unspecified atom stereocenters. The van der Waals surface area contributed by atoms with E-state index in [2.05, 4.69) is 5.32 Å². The molecule has 3 aromatic rings. The molecule has 5 nitrogen and oxygen atoms in total. The molecule has 0 heterocycles. The summed E-state index contributed by atoms with van der Waals surface area (Å²) in [4.78, 5) is 27.5. The lowest BCUT2D eigenvalue weighted by Gasteiger charge is -2.25. The minimum absolute atomic E-state index is 0.139. The van der Waals surface area contributed by atoms with Crippen LogP contribution in [0.25, 0.3) is 0 Å². The molecule has 0 radical (unpaired) electrons. The van der Waals surface area contributed by atoms with Crippen LogP contribution in [0.5, 0.6) is 5.75 Å². The molecule has 3 aromatic carbocycles. The molecule has 0 aliphatic heterocycles. The smallest absolute Gasteiger partial charge is 0.251 e. The van der Waals surface area contributed by atoms with Gasteiger partial charge in [0.15, 0.2) is 11.6 Å². The minimum atomic E-state index is -0.798. The Bertz CT molecular complexity index is 1070. The van der Waals surface area contributed by atoms with Gasteiger partial charge in [-0.25, -0.2) is 4.39 Å². The third-order valence-corrected chi connectivity index (χ3v) is 5.26. The number of nitrogens with zero attached hydrogens (tertiary/aromatic N) is 1. The van der Waals surface area contributed by atoms with Crippen molar-refractivity contribution in [2.24, 2.45) is 0 Å². The van der Waals surface area contributed by atoms with Crippen molar-refractivity contribution in [3.63, 3.8) is 0 Å². The van der Waals surface area contributed by atoms with Gasteiger partial charge in [-0.15, -0.1) is 0 Å². The van der Waals surface area contributed by atoms with E-state index in [1.165, 1.54) is 24.1 Å². The summed E-state index contributed by atoms with van der Waals surface area (Å²) in [6.45, 7) is 0.182. The first-order valence-electron chi connectivity index (χ1n) is 10.0. The number of hydrogen-bond donors (Lipinski definition) is 1. The number of carbonyl (C=O) groups is 2. The van der Waals surface area contributed by atoms with Crippen LogP contribution in [0.1, 0.15) is 21.5 Å². The maximum absolute atomic E-state index is 14.0. The molecule has 0 saturated heterocycles. The van der Waals surface area contributed by atoms with Crippen molar-refractivity contribution < 1.29 is 18.7 Å². The average Bonchev–Trinajstić information content (AvgIpc) is 2.79. The fraction of sp³-hybridized carbons (Fsp3) is 0.200. The summed E-state index contributed by atoms with van der Waals surface area (Å²) < 4.78 is 19.0. The first-order chi connectivity index (χ1) is 15.4. The molecule has 0 saturated carbocycles. The Hall–Kier alpha value is -3.38. The molecule has 0 bridgehead atoms. The summed E-state index contributed by atoms with van der Waals surface area (Å²) in [6.07, 6.45) is 0.320. The van der Waals surface area contributed by atoms with Gasteiger partial charge in [0.1, 0.15) is 6.04 Å². The monoisotopic (exact) mass is 454 g/mol. The summed E-state index contributed by atoms with van der Waals surface area (Å²) in [5.74, 6) is -1.02. The zero-order valence-electron chi connectivity index (χ0n) is 17.8. The number of hydrogen-bond acceptors (Lipinski definition) is 3. The van der Waals surface area contributed by atoms with Crippen LogP contribution >= 0.6 is 11.6 Å². The van der Waals surface area contributed by atoms with E-state index in [1.807, 2.05) is 30.3 Å². The highest BCUT2D eigenvalue weighted by Gasteiger charge is 2.25. The van der Waals surface area contributed by atoms with Gasteiger partial charge in [0, 0.05) is 30.6 Å². The molecule has 0 aromatic heterocycles. The topological polar surface area (TPSA) is 58.6 Å². The lowest BCUT2D eigenvalue weighted by atomic mass is 10.0. The van der Waals surface area contributed by atoms with Gasteiger partial charge in [-0.05, 0) is 47.5 Å². The first kappa shape index (κ1) is 23.3. The second-order valence-corrected chi connectivity index (χ2v) is 7.82. The molecule has 7 heteroatoms. The van der Waals surface area contributed by atoms with Crippen LogP contribution in [-0.2, 0) is 17.8 Å². The average molecular weight is 455 g/mol. The van der Waals surface area contributed by atoms with Crippen molar-refractivity contribution in [2.45, 2.75) is 19.0 Å². The van der Waals surface area contributed by atoms with E-state index < -0.39 is 11.9 Å². The normalized spacial score (nSPS) is 11.5. The number of likely N-dealkylation sites (N-methyl/N-ethyl adjacent to an activating group) is 1. The molecular formula is C25H24ClFN2O3. The van der Waals surface area contributed by atoms with Crippen LogP contribution in [0.3, 0.4) is 0 Å². The number of carbonyl (C=O) groups excluding carboxylic acids is 2. The number of halogens is 2. The van der Waals surface area contributed by atoms with Crippen LogP contribution in [0.15, 0.2) is 72.8 Å². The standard InChI is InChI=1S/C25H24ClFN2O3/c1-29(16-18-8-13-23(32-2)21(27)14-18)25(31)22(15-17-6-4-3-5-7-17)28-24(30)19-9-11-20(26)12-10-19/h3-14,22H,15-16H2,1-2H3,(H,28,30). The van der Waals surface area contributed by atoms with Gasteiger partial charge in [0.05, 0.1) is 7.11 Å². The number of ether oxygens (including phenoxy) is 1. The van der Waals surface area contributed by atoms with Gasteiger partial charge in [-0.1, -0.05) is 48.0 Å². The van der Waals surface area contributed by atoms with Gasteiger partial charge < -0.3 is 15.0 Å². The highest BCUT2D eigenvalue weighted by Crippen LogP contribution is 2.19. The molecule has 32 heavy (non-hydrogen) atoms. The van der Waals surface area contributed by atoms with E-state index in [1.54, 1.807) is 37.4 Å². The number of benzene rings is 3. The Morgan fingerprint density at radius 2 is 1.72 bits per heavy atom. The van der Waals surface area contributed by atoms with Crippen molar-refractivity contribution in [1.82, 2.24) is 10.2 Å². The van der Waals surface area contributed by atoms with Crippen molar-refractivity contribution in [3.05, 3.63) is 100 Å². The summed E-state index contributed by atoms with van der Waals surface area (Å²) in [5, 5.41) is 3.35. The van der Waals surface area contributed by atoms with E-state index in [4.69, 9.17) is 16.3 Å².